The molecule has 0 aromatic heterocycles. The van der Waals surface area contributed by atoms with Gasteiger partial charge >= 0.3 is 0 Å². The third-order valence-electron chi connectivity index (χ3n) is 2.79. The van der Waals surface area contributed by atoms with E-state index in [1.165, 1.54) is 11.1 Å². The van der Waals surface area contributed by atoms with E-state index in [1.807, 2.05) is 12.1 Å². The molecule has 0 saturated heterocycles. The highest BCUT2D eigenvalue weighted by Gasteiger charge is 2.36. The Balaban J connectivity index is 2.51. The maximum absolute atomic E-state index is 5.95. The van der Waals surface area contributed by atoms with Crippen molar-refractivity contribution in [2.75, 3.05) is 0 Å². The smallest absolute Gasteiger partial charge is 0.0409 e. The van der Waals surface area contributed by atoms with Crippen LogP contribution in [0.3, 0.4) is 0 Å². The van der Waals surface area contributed by atoms with Gasteiger partial charge in [0.15, 0.2) is 0 Å². The van der Waals surface area contributed by atoms with Crippen molar-refractivity contribution in [3.05, 3.63) is 34.3 Å². The van der Waals surface area contributed by atoms with Crippen LogP contribution in [-0.4, -0.2) is 0 Å². The van der Waals surface area contributed by atoms with Crippen molar-refractivity contribution < 1.29 is 0 Å². The van der Waals surface area contributed by atoms with Crippen LogP contribution < -0.4 is 0 Å². The molecular formula is C11H13ClS. The van der Waals surface area contributed by atoms with E-state index in [4.69, 9.17) is 11.6 Å². The van der Waals surface area contributed by atoms with Gasteiger partial charge in [-0.15, -0.1) is 0 Å². The van der Waals surface area contributed by atoms with Gasteiger partial charge in [-0.2, -0.15) is 12.6 Å². The maximum Gasteiger partial charge on any atom is 0.0409 e. The highest BCUT2D eigenvalue weighted by molar-refractivity contribution is 7.80. The van der Waals surface area contributed by atoms with Crippen molar-refractivity contribution in [3.63, 3.8) is 0 Å². The summed E-state index contributed by atoms with van der Waals surface area (Å²) >= 11 is 10.6. The molecule has 1 atom stereocenters. The zero-order valence-electron chi connectivity index (χ0n) is 7.84. The third kappa shape index (κ3) is 1.49. The molecule has 2 rings (SSSR count). The first kappa shape index (κ1) is 9.42. The average molecular weight is 213 g/mol. The summed E-state index contributed by atoms with van der Waals surface area (Å²) in [5.41, 5.74) is 2.96. The molecular weight excluding hydrogens is 200 g/mol. The number of thiol groups is 1. The van der Waals surface area contributed by atoms with E-state index in [0.717, 1.165) is 11.4 Å². The largest absolute Gasteiger partial charge is 0.171 e. The quantitative estimate of drug-likeness (QED) is 0.620. The molecule has 1 aromatic rings. The first-order chi connectivity index (χ1) is 6.00. The van der Waals surface area contributed by atoms with Gasteiger partial charge in [0.1, 0.15) is 0 Å². The van der Waals surface area contributed by atoms with Crippen molar-refractivity contribution >= 4 is 24.2 Å². The topological polar surface area (TPSA) is 0 Å². The molecule has 0 heterocycles. The Morgan fingerprint density at radius 3 is 2.85 bits per heavy atom. The highest BCUT2D eigenvalue weighted by Crippen LogP contribution is 2.49. The molecule has 0 amide bonds. The van der Waals surface area contributed by atoms with Crippen LogP contribution >= 0.6 is 24.2 Å². The van der Waals surface area contributed by atoms with E-state index in [1.54, 1.807) is 0 Å². The summed E-state index contributed by atoms with van der Waals surface area (Å²) in [6.45, 7) is 4.50. The number of benzene rings is 1. The van der Waals surface area contributed by atoms with Gasteiger partial charge in [-0.25, -0.2) is 0 Å². The van der Waals surface area contributed by atoms with Gasteiger partial charge in [-0.1, -0.05) is 31.5 Å². The SMILES string of the molecule is CC1(C)Cc2ccc(Cl)cc2C1S. The Morgan fingerprint density at radius 1 is 1.46 bits per heavy atom. The zero-order chi connectivity index (χ0) is 9.64. The average Bonchev–Trinajstić information content (AvgIpc) is 2.26. The van der Waals surface area contributed by atoms with Crippen LogP contribution in [-0.2, 0) is 6.42 Å². The van der Waals surface area contributed by atoms with Crippen LogP contribution in [0.1, 0.15) is 30.2 Å². The first-order valence-electron chi connectivity index (χ1n) is 4.47. The number of rotatable bonds is 0. The molecule has 0 bridgehead atoms. The van der Waals surface area contributed by atoms with Crippen molar-refractivity contribution in [1.82, 2.24) is 0 Å². The molecule has 0 spiro atoms. The molecule has 70 valence electrons. The summed E-state index contributed by atoms with van der Waals surface area (Å²) in [6, 6.07) is 6.13. The number of hydrogen-bond donors (Lipinski definition) is 1. The summed E-state index contributed by atoms with van der Waals surface area (Å²) < 4.78 is 0. The van der Waals surface area contributed by atoms with Gasteiger partial charge < -0.3 is 0 Å². The second kappa shape index (κ2) is 2.93. The number of halogens is 1. The second-order valence-electron chi connectivity index (χ2n) is 4.41. The monoisotopic (exact) mass is 212 g/mol. The van der Waals surface area contributed by atoms with Crippen LogP contribution in [0.4, 0.5) is 0 Å². The van der Waals surface area contributed by atoms with Crippen LogP contribution in [0.2, 0.25) is 5.02 Å². The van der Waals surface area contributed by atoms with E-state index in [2.05, 4.69) is 32.5 Å². The van der Waals surface area contributed by atoms with Crippen molar-refractivity contribution in [3.8, 4) is 0 Å². The van der Waals surface area contributed by atoms with Crippen molar-refractivity contribution in [2.24, 2.45) is 5.41 Å². The molecule has 0 aliphatic heterocycles. The molecule has 1 aliphatic carbocycles. The van der Waals surface area contributed by atoms with Gasteiger partial charge in [0.25, 0.3) is 0 Å². The lowest BCUT2D eigenvalue weighted by atomic mass is 9.90. The maximum atomic E-state index is 5.95. The first-order valence-corrected chi connectivity index (χ1v) is 5.36. The van der Waals surface area contributed by atoms with Crippen LogP contribution in [0.25, 0.3) is 0 Å². The lowest BCUT2D eigenvalue weighted by Gasteiger charge is -2.22. The molecule has 0 fully saturated rings. The normalized spacial score (nSPS) is 24.5. The van der Waals surface area contributed by atoms with E-state index >= 15 is 0 Å². The summed E-state index contributed by atoms with van der Waals surface area (Å²) in [5.74, 6) is 0. The third-order valence-corrected chi connectivity index (χ3v) is 4.00. The van der Waals surface area contributed by atoms with Gasteiger partial charge in [0.2, 0.25) is 0 Å². The minimum atomic E-state index is 0.260. The standard InChI is InChI=1S/C11H13ClS/c1-11(2)6-7-3-4-8(12)5-9(7)10(11)13/h3-5,10,13H,6H2,1-2H3. The molecule has 0 saturated carbocycles. The van der Waals surface area contributed by atoms with Crippen LogP contribution in [0.15, 0.2) is 18.2 Å². The fraction of sp³-hybridized carbons (Fsp3) is 0.455. The predicted molar refractivity (Wildman–Crippen MR) is 60.7 cm³/mol. The summed E-state index contributed by atoms with van der Waals surface area (Å²) in [4.78, 5) is 0. The minimum Gasteiger partial charge on any atom is -0.171 e. The van der Waals surface area contributed by atoms with Gasteiger partial charge in [-0.3, -0.25) is 0 Å². The Kier molecular flexibility index (Phi) is 2.12. The lowest BCUT2D eigenvalue weighted by molar-refractivity contribution is 0.386. The van der Waals surface area contributed by atoms with Gasteiger partial charge in [0, 0.05) is 10.3 Å². The second-order valence-corrected chi connectivity index (χ2v) is 5.36. The summed E-state index contributed by atoms with van der Waals surface area (Å²) in [5, 5.41) is 1.14. The van der Waals surface area contributed by atoms with Crippen LogP contribution in [0.5, 0.6) is 0 Å². The molecule has 2 heteroatoms. The Labute approximate surface area is 89.7 Å². The van der Waals surface area contributed by atoms with E-state index < -0.39 is 0 Å². The lowest BCUT2D eigenvalue weighted by Crippen LogP contribution is -2.12. The Morgan fingerprint density at radius 2 is 2.15 bits per heavy atom. The van der Waals surface area contributed by atoms with Gasteiger partial charge in [0.05, 0.1) is 0 Å². The Hall–Kier alpha value is -0.140. The molecule has 1 aliphatic rings. The molecule has 1 unspecified atom stereocenters. The summed E-state index contributed by atoms with van der Waals surface area (Å²) in [7, 11) is 0. The fourth-order valence-electron chi connectivity index (χ4n) is 1.99. The molecule has 0 N–H and O–H groups in total. The molecule has 1 aromatic carbocycles. The molecule has 0 radical (unpaired) electrons. The molecule has 13 heavy (non-hydrogen) atoms. The van der Waals surface area contributed by atoms with Crippen molar-refractivity contribution in [2.45, 2.75) is 25.5 Å². The Bertz CT molecular complexity index is 344. The highest BCUT2D eigenvalue weighted by atomic mass is 35.5. The molecule has 0 nitrogen and oxygen atoms in total. The predicted octanol–water partition coefficient (Wildman–Crippen LogP) is 3.89. The van der Waals surface area contributed by atoms with Gasteiger partial charge in [-0.05, 0) is 35.1 Å². The van der Waals surface area contributed by atoms with Crippen LogP contribution in [0, 0.1) is 5.41 Å². The van der Waals surface area contributed by atoms with Crippen molar-refractivity contribution in [1.29, 1.82) is 0 Å². The van der Waals surface area contributed by atoms with E-state index in [-0.39, 0.29) is 5.41 Å². The number of fused-ring (bicyclic) bond motifs is 1. The zero-order valence-corrected chi connectivity index (χ0v) is 9.49. The number of hydrogen-bond acceptors (Lipinski definition) is 1. The van der Waals surface area contributed by atoms with E-state index in [0.29, 0.717) is 5.25 Å². The van der Waals surface area contributed by atoms with E-state index in [9.17, 15) is 0 Å². The fourth-order valence-corrected chi connectivity index (χ4v) is 2.50. The summed E-state index contributed by atoms with van der Waals surface area (Å²) in [6.07, 6.45) is 1.10. The minimum absolute atomic E-state index is 0.260.